The number of hydrogen-bond donors (Lipinski definition) is 1. The second-order valence-electron chi connectivity index (χ2n) is 3.95. The summed E-state index contributed by atoms with van der Waals surface area (Å²) in [6.07, 6.45) is 1.63. The molecule has 0 amide bonds. The number of fused-ring (bicyclic) bond motifs is 1. The van der Waals surface area contributed by atoms with Gasteiger partial charge in [-0.25, -0.2) is 14.8 Å². The summed E-state index contributed by atoms with van der Waals surface area (Å²) in [7, 11) is 0. The highest BCUT2D eigenvalue weighted by Crippen LogP contribution is 2.34. The number of halogens is 2. The van der Waals surface area contributed by atoms with Crippen molar-refractivity contribution in [3.63, 3.8) is 0 Å². The van der Waals surface area contributed by atoms with E-state index in [0.29, 0.717) is 31.6 Å². The van der Waals surface area contributed by atoms with E-state index < -0.39 is 5.97 Å². The molecule has 3 aromatic rings. The molecule has 0 radical (unpaired) electrons. The number of benzene rings is 1. The molecule has 0 bridgehead atoms. The van der Waals surface area contributed by atoms with Crippen molar-refractivity contribution in [2.75, 3.05) is 0 Å². The molecule has 2 aromatic heterocycles. The molecule has 7 heteroatoms. The van der Waals surface area contributed by atoms with Gasteiger partial charge in [0.05, 0.1) is 21.1 Å². The minimum absolute atomic E-state index is 0.0627. The fourth-order valence-electron chi connectivity index (χ4n) is 1.90. The molecule has 2 heterocycles. The van der Waals surface area contributed by atoms with Gasteiger partial charge in [-0.05, 0) is 18.2 Å². The highest BCUT2D eigenvalue weighted by Gasteiger charge is 2.18. The molecule has 4 nitrogen and oxygen atoms in total. The van der Waals surface area contributed by atoms with E-state index in [0.717, 1.165) is 0 Å². The van der Waals surface area contributed by atoms with Crippen molar-refractivity contribution in [2.24, 2.45) is 0 Å². The van der Waals surface area contributed by atoms with Crippen molar-refractivity contribution in [2.45, 2.75) is 0 Å². The second kappa shape index (κ2) is 5.01. The number of carboxylic acids is 1. The van der Waals surface area contributed by atoms with Crippen LogP contribution < -0.4 is 0 Å². The van der Waals surface area contributed by atoms with Crippen LogP contribution in [0.15, 0.2) is 29.8 Å². The molecule has 1 aromatic carbocycles. The van der Waals surface area contributed by atoms with E-state index in [1.165, 1.54) is 17.4 Å². The molecule has 0 saturated heterocycles. The Morgan fingerprint density at radius 1 is 1.25 bits per heavy atom. The van der Waals surface area contributed by atoms with Crippen molar-refractivity contribution in [1.29, 1.82) is 0 Å². The van der Waals surface area contributed by atoms with Gasteiger partial charge in [-0.15, -0.1) is 11.3 Å². The SMILES string of the molecule is O=C(O)c1cc(-c2nccs2)nc2c(Cl)ccc(Cl)c12. The molecule has 0 unspecified atom stereocenters. The summed E-state index contributed by atoms with van der Waals surface area (Å²) in [5.74, 6) is -1.08. The highest BCUT2D eigenvalue weighted by atomic mass is 35.5. The first-order valence-corrected chi connectivity index (χ1v) is 7.13. The number of pyridine rings is 1. The van der Waals surface area contributed by atoms with Gasteiger partial charge in [-0.3, -0.25) is 0 Å². The molecule has 100 valence electrons. The van der Waals surface area contributed by atoms with Gasteiger partial charge in [0, 0.05) is 17.0 Å². The Morgan fingerprint density at radius 3 is 2.65 bits per heavy atom. The standard InChI is InChI=1S/C13H6Cl2N2O2S/c14-7-1-2-8(15)11-10(7)6(13(18)19)5-9(17-11)12-16-3-4-20-12/h1-5H,(H,18,19). The maximum atomic E-state index is 11.5. The third-order valence-electron chi connectivity index (χ3n) is 2.74. The van der Waals surface area contributed by atoms with Gasteiger partial charge >= 0.3 is 5.97 Å². The minimum atomic E-state index is -1.08. The molecule has 0 saturated carbocycles. The highest BCUT2D eigenvalue weighted by molar-refractivity contribution is 7.13. The van der Waals surface area contributed by atoms with Crippen LogP contribution in [0, 0.1) is 0 Å². The Bertz CT molecular complexity index is 819. The number of nitrogens with zero attached hydrogens (tertiary/aromatic N) is 2. The van der Waals surface area contributed by atoms with E-state index in [1.54, 1.807) is 23.7 Å². The van der Waals surface area contributed by atoms with E-state index >= 15 is 0 Å². The van der Waals surface area contributed by atoms with Gasteiger partial charge in [0.15, 0.2) is 0 Å². The predicted octanol–water partition coefficient (Wildman–Crippen LogP) is 4.36. The largest absolute Gasteiger partial charge is 0.478 e. The lowest BCUT2D eigenvalue weighted by atomic mass is 10.1. The van der Waals surface area contributed by atoms with Crippen molar-refractivity contribution < 1.29 is 9.90 Å². The molecule has 1 N–H and O–H groups in total. The third-order valence-corrected chi connectivity index (χ3v) is 4.16. The maximum absolute atomic E-state index is 11.5. The zero-order valence-corrected chi connectivity index (χ0v) is 12.1. The number of carbonyl (C=O) groups is 1. The monoisotopic (exact) mass is 324 g/mol. The van der Waals surface area contributed by atoms with Crippen molar-refractivity contribution in [3.8, 4) is 10.7 Å². The van der Waals surface area contributed by atoms with Crippen LogP contribution in [0.1, 0.15) is 10.4 Å². The molecule has 0 atom stereocenters. The number of aromatic nitrogens is 2. The zero-order chi connectivity index (χ0) is 14.3. The summed E-state index contributed by atoms with van der Waals surface area (Å²) >= 11 is 13.6. The summed E-state index contributed by atoms with van der Waals surface area (Å²) in [6.45, 7) is 0. The van der Waals surface area contributed by atoms with Gasteiger partial charge in [-0.2, -0.15) is 0 Å². The van der Waals surface area contributed by atoms with Gasteiger partial charge in [0.2, 0.25) is 0 Å². The number of thiazole rings is 1. The normalized spacial score (nSPS) is 10.9. The molecular formula is C13H6Cl2N2O2S. The molecular weight excluding hydrogens is 319 g/mol. The molecule has 0 aliphatic carbocycles. The second-order valence-corrected chi connectivity index (χ2v) is 5.66. The summed E-state index contributed by atoms with van der Waals surface area (Å²) in [4.78, 5) is 20.0. The summed E-state index contributed by atoms with van der Waals surface area (Å²) in [5.41, 5.74) is 0.894. The van der Waals surface area contributed by atoms with Crippen LogP contribution in [-0.4, -0.2) is 21.0 Å². The molecule has 0 fully saturated rings. The van der Waals surface area contributed by atoms with Crippen molar-refractivity contribution in [1.82, 2.24) is 9.97 Å². The van der Waals surface area contributed by atoms with Gasteiger partial charge in [-0.1, -0.05) is 23.2 Å². The van der Waals surface area contributed by atoms with E-state index in [-0.39, 0.29) is 5.56 Å². The third kappa shape index (κ3) is 2.14. The number of hydrogen-bond acceptors (Lipinski definition) is 4. The Balaban J connectivity index is 2.43. The molecule has 0 aliphatic rings. The zero-order valence-electron chi connectivity index (χ0n) is 9.80. The Labute approximate surface area is 127 Å². The lowest BCUT2D eigenvalue weighted by molar-refractivity contribution is 0.0699. The predicted molar refractivity (Wildman–Crippen MR) is 79.8 cm³/mol. The van der Waals surface area contributed by atoms with Crippen LogP contribution in [0.5, 0.6) is 0 Å². The maximum Gasteiger partial charge on any atom is 0.336 e. The van der Waals surface area contributed by atoms with Crippen molar-refractivity contribution in [3.05, 3.63) is 45.4 Å². The topological polar surface area (TPSA) is 63.1 Å². The Kier molecular flexibility index (Phi) is 3.33. The summed E-state index contributed by atoms with van der Waals surface area (Å²) in [5, 5.41) is 12.8. The number of aromatic carboxylic acids is 1. The smallest absolute Gasteiger partial charge is 0.336 e. The minimum Gasteiger partial charge on any atom is -0.478 e. The average molecular weight is 325 g/mol. The van der Waals surface area contributed by atoms with Crippen molar-refractivity contribution >= 4 is 51.4 Å². The first-order chi connectivity index (χ1) is 9.58. The number of rotatable bonds is 2. The fourth-order valence-corrected chi connectivity index (χ4v) is 2.95. The molecule has 3 rings (SSSR count). The Hall–Kier alpha value is -1.69. The van der Waals surface area contributed by atoms with Crippen LogP contribution in [0.4, 0.5) is 0 Å². The molecule has 0 aliphatic heterocycles. The molecule has 20 heavy (non-hydrogen) atoms. The first kappa shape index (κ1) is 13.3. The summed E-state index contributed by atoms with van der Waals surface area (Å²) in [6, 6.07) is 4.62. The molecule has 0 spiro atoms. The first-order valence-electron chi connectivity index (χ1n) is 5.50. The van der Waals surface area contributed by atoms with Gasteiger partial charge in [0.1, 0.15) is 10.7 Å². The van der Waals surface area contributed by atoms with E-state index in [4.69, 9.17) is 23.2 Å². The van der Waals surface area contributed by atoms with Crippen LogP contribution in [0.3, 0.4) is 0 Å². The lowest BCUT2D eigenvalue weighted by Gasteiger charge is -2.08. The van der Waals surface area contributed by atoms with E-state index in [1.807, 2.05) is 0 Å². The Morgan fingerprint density at radius 2 is 2.00 bits per heavy atom. The fraction of sp³-hybridized carbons (Fsp3) is 0. The lowest BCUT2D eigenvalue weighted by Crippen LogP contribution is -2.01. The quantitative estimate of drug-likeness (QED) is 0.760. The van der Waals surface area contributed by atoms with E-state index in [9.17, 15) is 9.90 Å². The van der Waals surface area contributed by atoms with Crippen LogP contribution in [0.2, 0.25) is 10.0 Å². The summed E-state index contributed by atoms with van der Waals surface area (Å²) < 4.78 is 0. The van der Waals surface area contributed by atoms with Crippen LogP contribution >= 0.6 is 34.5 Å². The van der Waals surface area contributed by atoms with Gasteiger partial charge in [0.25, 0.3) is 0 Å². The number of carboxylic acid groups (broad SMARTS) is 1. The van der Waals surface area contributed by atoms with Gasteiger partial charge < -0.3 is 5.11 Å². The van der Waals surface area contributed by atoms with Crippen LogP contribution in [0.25, 0.3) is 21.6 Å². The van der Waals surface area contributed by atoms with E-state index in [2.05, 4.69) is 9.97 Å². The van der Waals surface area contributed by atoms with Crippen LogP contribution in [-0.2, 0) is 0 Å². The average Bonchev–Trinajstić information content (AvgIpc) is 2.96.